The second-order valence-corrected chi connectivity index (χ2v) is 8.83. The zero-order valence-corrected chi connectivity index (χ0v) is 18.0. The number of benzene rings is 2. The Morgan fingerprint density at radius 2 is 1.83 bits per heavy atom. The van der Waals surface area contributed by atoms with Crippen LogP contribution in [0.4, 0.5) is 0 Å². The summed E-state index contributed by atoms with van der Waals surface area (Å²) in [6.45, 7) is -0.0464. The molecule has 29 heavy (non-hydrogen) atoms. The molecule has 2 aromatic carbocycles. The fourth-order valence-electron chi connectivity index (χ4n) is 4.69. The van der Waals surface area contributed by atoms with Gasteiger partial charge in [0.05, 0.1) is 0 Å². The van der Waals surface area contributed by atoms with Gasteiger partial charge >= 0.3 is 5.97 Å². The average molecular weight is 431 g/mol. The molecule has 1 aliphatic rings. The molecule has 1 aromatic heterocycles. The normalized spacial score (nSPS) is 18.9. The third-order valence-corrected chi connectivity index (χ3v) is 6.75. The summed E-state index contributed by atoms with van der Waals surface area (Å²) >= 11 is 13.0. The van der Waals surface area contributed by atoms with Gasteiger partial charge in [0.1, 0.15) is 6.54 Å². The Kier molecular flexibility index (Phi) is 5.60. The number of para-hydroxylation sites is 1. The van der Waals surface area contributed by atoms with Gasteiger partial charge < -0.3 is 14.6 Å². The fraction of sp³-hybridized carbons (Fsp3) is 0.348. The molecule has 0 amide bonds. The van der Waals surface area contributed by atoms with Crippen molar-refractivity contribution in [2.24, 2.45) is 0 Å². The van der Waals surface area contributed by atoms with Gasteiger partial charge in [-0.15, -0.1) is 0 Å². The van der Waals surface area contributed by atoms with Gasteiger partial charge in [-0.05, 0) is 62.7 Å². The number of halogens is 2. The second-order valence-electron chi connectivity index (χ2n) is 8.02. The van der Waals surface area contributed by atoms with Crippen LogP contribution >= 0.6 is 23.2 Å². The molecule has 152 valence electrons. The molecule has 0 saturated carbocycles. The number of nitrogens with zero attached hydrogens (tertiary/aromatic N) is 2. The van der Waals surface area contributed by atoms with E-state index in [9.17, 15) is 9.90 Å². The quantitative estimate of drug-likeness (QED) is 0.601. The van der Waals surface area contributed by atoms with Crippen LogP contribution < -0.4 is 0 Å². The molecule has 3 aromatic rings. The Morgan fingerprint density at radius 1 is 1.14 bits per heavy atom. The van der Waals surface area contributed by atoms with Crippen LogP contribution in [0.3, 0.4) is 0 Å². The molecule has 6 heteroatoms. The van der Waals surface area contributed by atoms with Crippen LogP contribution in [0.25, 0.3) is 10.9 Å². The van der Waals surface area contributed by atoms with E-state index in [1.54, 1.807) is 0 Å². The molecule has 0 saturated heterocycles. The Labute approximate surface area is 180 Å². The van der Waals surface area contributed by atoms with Crippen LogP contribution in [0.5, 0.6) is 0 Å². The summed E-state index contributed by atoms with van der Waals surface area (Å²) in [4.78, 5) is 13.9. The van der Waals surface area contributed by atoms with Gasteiger partial charge in [-0.2, -0.15) is 0 Å². The Bertz CT molecular complexity index is 1050. The monoisotopic (exact) mass is 430 g/mol. The van der Waals surface area contributed by atoms with Gasteiger partial charge in [0.25, 0.3) is 0 Å². The van der Waals surface area contributed by atoms with E-state index >= 15 is 0 Å². The van der Waals surface area contributed by atoms with Gasteiger partial charge in [-0.1, -0.05) is 47.5 Å². The second kappa shape index (κ2) is 8.02. The van der Waals surface area contributed by atoms with Crippen molar-refractivity contribution in [1.29, 1.82) is 0 Å². The van der Waals surface area contributed by atoms with Crippen molar-refractivity contribution in [2.75, 3.05) is 14.1 Å². The van der Waals surface area contributed by atoms with E-state index < -0.39 is 5.97 Å². The maximum atomic E-state index is 11.7. The minimum atomic E-state index is -0.835. The Balaban J connectivity index is 1.90. The topological polar surface area (TPSA) is 45.5 Å². The first-order chi connectivity index (χ1) is 13.9. The summed E-state index contributed by atoms with van der Waals surface area (Å²) in [5.74, 6) is -0.701. The third-order valence-electron chi connectivity index (χ3n) is 6.04. The highest BCUT2D eigenvalue weighted by atomic mass is 35.5. The predicted molar refractivity (Wildman–Crippen MR) is 118 cm³/mol. The van der Waals surface area contributed by atoms with E-state index in [1.807, 2.05) is 41.0 Å². The van der Waals surface area contributed by atoms with Crippen molar-refractivity contribution in [3.63, 3.8) is 0 Å². The van der Waals surface area contributed by atoms with Crippen molar-refractivity contribution in [2.45, 2.75) is 37.8 Å². The van der Waals surface area contributed by atoms with Crippen LogP contribution in [0, 0.1) is 0 Å². The van der Waals surface area contributed by atoms with Gasteiger partial charge in [-0.25, -0.2) is 0 Å². The number of carboxylic acids is 1. The van der Waals surface area contributed by atoms with Crippen molar-refractivity contribution in [3.8, 4) is 0 Å². The van der Waals surface area contributed by atoms with Gasteiger partial charge in [0, 0.05) is 38.6 Å². The lowest BCUT2D eigenvalue weighted by Crippen LogP contribution is -2.36. The molecule has 1 aliphatic carbocycles. The van der Waals surface area contributed by atoms with Gasteiger partial charge in [0.2, 0.25) is 0 Å². The third kappa shape index (κ3) is 3.77. The minimum Gasteiger partial charge on any atom is -0.480 e. The highest BCUT2D eigenvalue weighted by Gasteiger charge is 2.34. The minimum absolute atomic E-state index is 0.0464. The molecule has 4 nitrogen and oxygen atoms in total. The lowest BCUT2D eigenvalue weighted by molar-refractivity contribution is -0.137. The number of fused-ring (bicyclic) bond motifs is 3. The lowest BCUT2D eigenvalue weighted by atomic mass is 9.79. The molecular formula is C23H24Cl2N2O2. The van der Waals surface area contributed by atoms with Crippen LogP contribution in [0.2, 0.25) is 10.0 Å². The highest BCUT2D eigenvalue weighted by Crippen LogP contribution is 2.42. The van der Waals surface area contributed by atoms with E-state index in [4.69, 9.17) is 23.2 Å². The Hall–Kier alpha value is -2.01. The molecule has 0 aliphatic heterocycles. The number of aromatic nitrogens is 1. The Morgan fingerprint density at radius 3 is 2.48 bits per heavy atom. The molecule has 2 atom stereocenters. The molecule has 1 heterocycles. The maximum absolute atomic E-state index is 11.7. The summed E-state index contributed by atoms with van der Waals surface area (Å²) in [6.07, 6.45) is 2.52. The molecule has 2 unspecified atom stereocenters. The molecule has 0 spiro atoms. The predicted octanol–water partition coefficient (Wildman–Crippen LogP) is 5.24. The van der Waals surface area contributed by atoms with E-state index in [2.05, 4.69) is 25.1 Å². The number of hydrogen-bond acceptors (Lipinski definition) is 2. The SMILES string of the molecule is CN(C)C1Cc2c(n(CC(=O)O)c3ccccc23)C(Cc2c(Cl)cccc2Cl)C1. The zero-order chi connectivity index (χ0) is 20.7. The summed E-state index contributed by atoms with van der Waals surface area (Å²) in [6, 6.07) is 14.1. The summed E-state index contributed by atoms with van der Waals surface area (Å²) < 4.78 is 1.98. The zero-order valence-electron chi connectivity index (χ0n) is 16.5. The molecule has 0 radical (unpaired) electrons. The van der Waals surface area contributed by atoms with E-state index in [1.165, 1.54) is 5.56 Å². The fourth-order valence-corrected chi connectivity index (χ4v) is 5.24. The number of aliphatic carboxylic acids is 1. The summed E-state index contributed by atoms with van der Waals surface area (Å²) in [5, 5.41) is 12.0. The summed E-state index contributed by atoms with van der Waals surface area (Å²) in [7, 11) is 4.21. The largest absolute Gasteiger partial charge is 0.480 e. The highest BCUT2D eigenvalue weighted by molar-refractivity contribution is 6.36. The van der Waals surface area contributed by atoms with Gasteiger partial charge in [-0.3, -0.25) is 4.79 Å². The molecule has 0 bridgehead atoms. The van der Waals surface area contributed by atoms with Crippen LogP contribution in [0.1, 0.15) is 29.2 Å². The first kappa shape index (κ1) is 20.3. The van der Waals surface area contributed by atoms with Gasteiger partial charge in [0.15, 0.2) is 0 Å². The van der Waals surface area contributed by atoms with E-state index in [-0.39, 0.29) is 12.5 Å². The van der Waals surface area contributed by atoms with E-state index in [0.29, 0.717) is 22.5 Å². The number of rotatable bonds is 5. The standard InChI is InChI=1S/C23H24Cl2N2O2/c1-26(2)15-10-14(11-18-19(24)7-5-8-20(18)25)23-17(12-15)16-6-3-4-9-21(16)27(23)13-22(28)29/h3-9,14-15H,10-13H2,1-2H3,(H,28,29). The lowest BCUT2D eigenvalue weighted by Gasteiger charge is -2.35. The first-order valence-corrected chi connectivity index (χ1v) is 10.5. The van der Waals surface area contributed by atoms with Crippen LogP contribution in [-0.4, -0.2) is 40.7 Å². The molecular weight excluding hydrogens is 407 g/mol. The van der Waals surface area contributed by atoms with Crippen molar-refractivity contribution in [3.05, 3.63) is 69.3 Å². The average Bonchev–Trinajstić information content (AvgIpc) is 2.98. The summed E-state index contributed by atoms with van der Waals surface area (Å²) in [5.41, 5.74) is 4.27. The molecule has 1 N–H and O–H groups in total. The van der Waals surface area contributed by atoms with Crippen molar-refractivity contribution < 1.29 is 9.90 Å². The number of carbonyl (C=O) groups is 1. The number of carboxylic acid groups (broad SMARTS) is 1. The van der Waals surface area contributed by atoms with Crippen LogP contribution in [-0.2, 0) is 24.2 Å². The number of likely N-dealkylation sites (N-methyl/N-ethyl adjacent to an activating group) is 1. The smallest absolute Gasteiger partial charge is 0.323 e. The first-order valence-electron chi connectivity index (χ1n) is 9.78. The van der Waals surface area contributed by atoms with Crippen molar-refractivity contribution >= 4 is 40.1 Å². The van der Waals surface area contributed by atoms with Crippen molar-refractivity contribution in [1.82, 2.24) is 9.47 Å². The molecule has 0 fully saturated rings. The van der Waals surface area contributed by atoms with E-state index in [0.717, 1.165) is 35.0 Å². The van der Waals surface area contributed by atoms with Crippen LogP contribution in [0.15, 0.2) is 42.5 Å². The number of hydrogen-bond donors (Lipinski definition) is 1. The maximum Gasteiger partial charge on any atom is 0.323 e. The molecule has 4 rings (SSSR count).